The second kappa shape index (κ2) is 8.88. The van der Waals surface area contributed by atoms with E-state index in [4.69, 9.17) is 9.47 Å². The number of ketones is 1. The number of carbonyl (C=O) groups excluding carboxylic acids is 3. The van der Waals surface area contributed by atoms with Crippen molar-refractivity contribution in [2.75, 3.05) is 7.11 Å². The molecule has 3 unspecified atom stereocenters. The van der Waals surface area contributed by atoms with Crippen LogP contribution in [-0.2, 0) is 23.9 Å². The van der Waals surface area contributed by atoms with Crippen LogP contribution in [0.3, 0.4) is 0 Å². The van der Waals surface area contributed by atoms with Gasteiger partial charge in [-0.1, -0.05) is 25.1 Å². The van der Waals surface area contributed by atoms with Gasteiger partial charge in [-0.05, 0) is 51.0 Å². The van der Waals surface area contributed by atoms with Crippen molar-refractivity contribution < 1.29 is 28.2 Å². The van der Waals surface area contributed by atoms with Gasteiger partial charge in [-0.15, -0.1) is 0 Å². The van der Waals surface area contributed by atoms with Gasteiger partial charge in [-0.3, -0.25) is 9.59 Å². The highest BCUT2D eigenvalue weighted by atomic mass is 19.1. The van der Waals surface area contributed by atoms with Gasteiger partial charge in [-0.25, -0.2) is 9.18 Å². The third-order valence-electron chi connectivity index (χ3n) is 6.76. The van der Waals surface area contributed by atoms with Crippen LogP contribution in [0.2, 0.25) is 0 Å². The number of nitrogens with one attached hydrogen (secondary N) is 1. The Morgan fingerprint density at radius 3 is 2.50 bits per heavy atom. The first-order chi connectivity index (χ1) is 15.3. The minimum Gasteiger partial charge on any atom is -0.468 e. The van der Waals surface area contributed by atoms with Crippen LogP contribution in [0.15, 0.2) is 46.8 Å². The molecule has 170 valence electrons. The van der Waals surface area contributed by atoms with Gasteiger partial charge in [0.1, 0.15) is 17.8 Å². The van der Waals surface area contributed by atoms with E-state index in [2.05, 4.69) is 5.32 Å². The van der Waals surface area contributed by atoms with E-state index in [0.717, 1.165) is 25.7 Å². The van der Waals surface area contributed by atoms with Gasteiger partial charge in [0.05, 0.1) is 18.6 Å². The van der Waals surface area contributed by atoms with Crippen molar-refractivity contribution in [1.29, 1.82) is 0 Å². The summed E-state index contributed by atoms with van der Waals surface area (Å²) in [5, 5.41) is 3.19. The van der Waals surface area contributed by atoms with Crippen LogP contribution < -0.4 is 5.32 Å². The summed E-state index contributed by atoms with van der Waals surface area (Å²) in [5.74, 6) is -4.38. The van der Waals surface area contributed by atoms with Crippen molar-refractivity contribution in [3.8, 4) is 0 Å². The van der Waals surface area contributed by atoms with E-state index in [0.29, 0.717) is 17.8 Å². The van der Waals surface area contributed by atoms with E-state index in [1.807, 2.05) is 6.92 Å². The highest BCUT2D eigenvalue weighted by molar-refractivity contribution is 6.12. The Morgan fingerprint density at radius 2 is 1.84 bits per heavy atom. The maximum Gasteiger partial charge on any atom is 0.337 e. The Labute approximate surface area is 186 Å². The molecule has 4 rings (SSSR count). The molecule has 1 aromatic rings. The van der Waals surface area contributed by atoms with Gasteiger partial charge < -0.3 is 14.8 Å². The third-order valence-corrected chi connectivity index (χ3v) is 6.76. The number of methoxy groups -OCH3 is 1. The quantitative estimate of drug-likeness (QED) is 0.563. The molecule has 6 nitrogen and oxygen atoms in total. The van der Waals surface area contributed by atoms with E-state index < -0.39 is 35.4 Å². The molecule has 0 amide bonds. The number of benzene rings is 1. The monoisotopic (exact) mass is 441 g/mol. The number of rotatable bonds is 4. The summed E-state index contributed by atoms with van der Waals surface area (Å²) in [6.45, 7) is 3.55. The molecule has 0 aromatic heterocycles. The lowest BCUT2D eigenvalue weighted by atomic mass is 9.69. The number of hydrogen-bond donors (Lipinski definition) is 1. The molecule has 1 N–H and O–H groups in total. The zero-order chi connectivity index (χ0) is 23.0. The average Bonchev–Trinajstić information content (AvgIpc) is 3.25. The Morgan fingerprint density at radius 1 is 1.16 bits per heavy atom. The van der Waals surface area contributed by atoms with Crippen LogP contribution in [0.5, 0.6) is 0 Å². The smallest absolute Gasteiger partial charge is 0.337 e. The third kappa shape index (κ3) is 3.85. The maximum absolute atomic E-state index is 15.0. The molecule has 1 saturated carbocycles. The summed E-state index contributed by atoms with van der Waals surface area (Å²) in [7, 11) is 1.24. The van der Waals surface area contributed by atoms with E-state index in [1.165, 1.54) is 13.2 Å². The molecule has 7 heteroatoms. The van der Waals surface area contributed by atoms with Crippen molar-refractivity contribution in [1.82, 2.24) is 5.32 Å². The molecule has 3 aliphatic rings. The second-order valence-electron chi connectivity index (χ2n) is 8.87. The zero-order valence-electron chi connectivity index (χ0n) is 18.6. The molecular weight excluding hydrogens is 413 g/mol. The Hall–Kier alpha value is -2.96. The fourth-order valence-corrected chi connectivity index (χ4v) is 5.19. The molecule has 1 aliphatic heterocycles. The predicted molar refractivity (Wildman–Crippen MR) is 115 cm³/mol. The Bertz CT molecular complexity index is 1020. The number of hydrogen-bond acceptors (Lipinski definition) is 6. The minimum atomic E-state index is -1.000. The molecule has 2 aliphatic carbocycles. The van der Waals surface area contributed by atoms with Gasteiger partial charge >= 0.3 is 11.9 Å². The summed E-state index contributed by atoms with van der Waals surface area (Å²) >= 11 is 0. The van der Waals surface area contributed by atoms with Crippen molar-refractivity contribution in [3.63, 3.8) is 0 Å². The van der Waals surface area contributed by atoms with E-state index >= 15 is 4.39 Å². The van der Waals surface area contributed by atoms with Crippen LogP contribution in [0.25, 0.3) is 0 Å². The fraction of sp³-hybridized carbons (Fsp3) is 0.480. The van der Waals surface area contributed by atoms with Gasteiger partial charge in [-0.2, -0.15) is 0 Å². The Balaban J connectivity index is 1.82. The van der Waals surface area contributed by atoms with E-state index in [9.17, 15) is 14.4 Å². The van der Waals surface area contributed by atoms with E-state index in [-0.39, 0.29) is 28.7 Å². The van der Waals surface area contributed by atoms with Crippen LogP contribution in [0.1, 0.15) is 57.4 Å². The standard InChI is InChI=1S/C25H28FNO5/c1-13-12-18-22(23(28)19(13)24(29)31-3)21(16-10-6-7-11-17(16)26)20(14(2)27-18)25(30)32-15-8-4-5-9-15/h6-7,10-11,13,15,19,21,27H,4-5,8-9,12H2,1-3H3. The number of allylic oxidation sites excluding steroid dienone is 3. The highest BCUT2D eigenvalue weighted by Crippen LogP contribution is 2.46. The average molecular weight is 441 g/mol. The van der Waals surface area contributed by atoms with Crippen molar-refractivity contribution in [2.24, 2.45) is 11.8 Å². The molecule has 32 heavy (non-hydrogen) atoms. The number of ether oxygens (including phenoxy) is 2. The molecule has 0 radical (unpaired) electrons. The van der Waals surface area contributed by atoms with Gasteiger partial charge in [0.2, 0.25) is 0 Å². The van der Waals surface area contributed by atoms with Crippen molar-refractivity contribution in [2.45, 2.75) is 58.0 Å². The number of halogens is 1. The molecule has 0 bridgehead atoms. The second-order valence-corrected chi connectivity index (χ2v) is 8.87. The number of Topliss-reactive ketones (excluding diaryl/α,β-unsaturated/α-hetero) is 1. The van der Waals surface area contributed by atoms with Crippen LogP contribution >= 0.6 is 0 Å². The first-order valence-electron chi connectivity index (χ1n) is 11.1. The number of carbonyl (C=O) groups is 3. The summed E-state index contributed by atoms with van der Waals surface area (Å²) in [4.78, 5) is 39.3. The molecule has 1 fully saturated rings. The lowest BCUT2D eigenvalue weighted by Gasteiger charge is -2.38. The summed E-state index contributed by atoms with van der Waals surface area (Å²) in [6.07, 6.45) is 3.82. The van der Waals surface area contributed by atoms with Gasteiger partial charge in [0.25, 0.3) is 0 Å². The van der Waals surface area contributed by atoms with Gasteiger partial charge in [0, 0.05) is 22.5 Å². The molecule has 3 atom stereocenters. The van der Waals surface area contributed by atoms with Crippen molar-refractivity contribution in [3.05, 3.63) is 58.2 Å². The topological polar surface area (TPSA) is 81.7 Å². The lowest BCUT2D eigenvalue weighted by Crippen LogP contribution is -2.43. The SMILES string of the molecule is COC(=O)C1C(=O)C2=C(CC1C)NC(C)=C(C(=O)OC1CCCC1)C2c1ccccc1F. The van der Waals surface area contributed by atoms with Gasteiger partial charge in [0.15, 0.2) is 5.78 Å². The maximum atomic E-state index is 15.0. The normalized spacial score (nSPS) is 26.0. The summed E-state index contributed by atoms with van der Waals surface area (Å²) < 4.78 is 25.6. The molecule has 0 saturated heterocycles. The first kappa shape index (κ1) is 22.2. The van der Waals surface area contributed by atoms with E-state index in [1.54, 1.807) is 25.1 Å². The summed E-state index contributed by atoms with van der Waals surface area (Å²) in [6, 6.07) is 6.11. The predicted octanol–water partition coefficient (Wildman–Crippen LogP) is 3.92. The fourth-order valence-electron chi connectivity index (χ4n) is 5.19. The van der Waals surface area contributed by atoms with Crippen molar-refractivity contribution >= 4 is 17.7 Å². The molecule has 0 spiro atoms. The molecule has 1 heterocycles. The first-order valence-corrected chi connectivity index (χ1v) is 11.1. The summed E-state index contributed by atoms with van der Waals surface area (Å²) in [5.41, 5.74) is 1.83. The molecule has 1 aromatic carbocycles. The zero-order valence-corrected chi connectivity index (χ0v) is 18.6. The number of esters is 2. The van der Waals surface area contributed by atoms with Crippen LogP contribution in [0, 0.1) is 17.7 Å². The minimum absolute atomic E-state index is 0.177. The number of dihydropyridines is 1. The highest BCUT2D eigenvalue weighted by Gasteiger charge is 2.48. The van der Waals surface area contributed by atoms with Crippen LogP contribution in [0.4, 0.5) is 4.39 Å². The largest absolute Gasteiger partial charge is 0.468 e. The van der Waals surface area contributed by atoms with Crippen LogP contribution in [-0.4, -0.2) is 30.9 Å². The lowest BCUT2D eigenvalue weighted by molar-refractivity contribution is -0.151. The molecular formula is C25H28FNO5. The Kier molecular flexibility index (Phi) is 6.17.